The maximum atomic E-state index is 12.9. The van der Waals surface area contributed by atoms with E-state index in [0.29, 0.717) is 0 Å². The Morgan fingerprint density at radius 1 is 1.12 bits per heavy atom. The van der Waals surface area contributed by atoms with Gasteiger partial charge in [-0.05, 0) is 31.5 Å². The van der Waals surface area contributed by atoms with Gasteiger partial charge in [-0.25, -0.2) is 0 Å². The number of hydrogen-bond acceptors (Lipinski definition) is 6. The van der Waals surface area contributed by atoms with Crippen molar-refractivity contribution in [2.24, 2.45) is 0 Å². The fraction of sp³-hybridized carbons (Fsp3) is 0.211. The minimum absolute atomic E-state index is 0.0785. The van der Waals surface area contributed by atoms with Crippen molar-refractivity contribution in [3.8, 4) is 0 Å². The van der Waals surface area contributed by atoms with Gasteiger partial charge in [-0.1, -0.05) is 71.1 Å². The van der Waals surface area contributed by atoms with Crippen molar-refractivity contribution in [3.63, 3.8) is 0 Å². The largest absolute Gasteiger partial charge is 0.360 e. The third-order valence-electron chi connectivity index (χ3n) is 3.61. The molecule has 0 unspecified atom stereocenters. The minimum atomic E-state index is -0.403. The number of amides is 1. The number of carbonyl (C=O) groups is 1. The fourth-order valence-electron chi connectivity index (χ4n) is 2.33. The third kappa shape index (κ3) is 4.83. The quantitative estimate of drug-likeness (QED) is 0.575. The Labute approximate surface area is 161 Å². The van der Waals surface area contributed by atoms with E-state index >= 15 is 0 Å². The molecule has 1 atom stereocenters. The number of aryl methyl sites for hydroxylation is 1. The average molecular weight is 385 g/mol. The molecule has 134 valence electrons. The zero-order chi connectivity index (χ0) is 18.4. The number of nitrogens with one attached hydrogen (secondary N) is 2. The van der Waals surface area contributed by atoms with Crippen molar-refractivity contribution < 1.29 is 4.79 Å². The minimum Gasteiger partial charge on any atom is -0.360 e. The van der Waals surface area contributed by atoms with Gasteiger partial charge in [0.15, 0.2) is 4.34 Å². The summed E-state index contributed by atoms with van der Waals surface area (Å²) >= 11 is 2.87. The first-order valence-electron chi connectivity index (χ1n) is 8.32. The molecule has 3 rings (SSSR count). The van der Waals surface area contributed by atoms with Gasteiger partial charge in [0.25, 0.3) is 0 Å². The molecule has 0 aliphatic rings. The summed E-state index contributed by atoms with van der Waals surface area (Å²) in [7, 11) is 0. The van der Waals surface area contributed by atoms with Gasteiger partial charge in [0, 0.05) is 12.2 Å². The van der Waals surface area contributed by atoms with Gasteiger partial charge in [0.2, 0.25) is 11.0 Å². The van der Waals surface area contributed by atoms with Crippen LogP contribution < -0.4 is 10.6 Å². The number of thioether (sulfide) groups is 1. The predicted octanol–water partition coefficient (Wildman–Crippen LogP) is 4.75. The Bertz CT molecular complexity index is 849. The van der Waals surface area contributed by atoms with Crippen LogP contribution in [0, 0.1) is 6.92 Å². The van der Waals surface area contributed by atoms with Crippen molar-refractivity contribution >= 4 is 39.8 Å². The Kier molecular flexibility index (Phi) is 6.25. The third-order valence-corrected chi connectivity index (χ3v) is 5.83. The molecular weight excluding hydrogens is 364 g/mol. The summed E-state index contributed by atoms with van der Waals surface area (Å²) < 4.78 is 0.758. The van der Waals surface area contributed by atoms with Gasteiger partial charge < -0.3 is 10.6 Å². The van der Waals surface area contributed by atoms with Crippen LogP contribution in [-0.2, 0) is 4.79 Å². The van der Waals surface area contributed by atoms with Gasteiger partial charge >= 0.3 is 0 Å². The molecule has 26 heavy (non-hydrogen) atoms. The van der Waals surface area contributed by atoms with Gasteiger partial charge in [-0.3, -0.25) is 4.79 Å². The van der Waals surface area contributed by atoms with Gasteiger partial charge in [0.1, 0.15) is 5.25 Å². The summed E-state index contributed by atoms with van der Waals surface area (Å²) in [4.78, 5) is 12.9. The topological polar surface area (TPSA) is 66.9 Å². The van der Waals surface area contributed by atoms with E-state index in [4.69, 9.17) is 0 Å². The highest BCUT2D eigenvalue weighted by molar-refractivity contribution is 8.02. The second kappa shape index (κ2) is 8.82. The molecule has 5 nitrogen and oxygen atoms in total. The van der Waals surface area contributed by atoms with Crippen molar-refractivity contribution in [3.05, 3.63) is 65.7 Å². The monoisotopic (exact) mass is 384 g/mol. The fourth-order valence-corrected chi connectivity index (χ4v) is 4.34. The van der Waals surface area contributed by atoms with E-state index in [1.807, 2.05) is 68.4 Å². The molecule has 2 aromatic carbocycles. The zero-order valence-electron chi connectivity index (χ0n) is 14.6. The number of aromatic nitrogens is 2. The summed E-state index contributed by atoms with van der Waals surface area (Å²) in [6.45, 7) is 4.82. The van der Waals surface area contributed by atoms with Crippen LogP contribution in [0.2, 0.25) is 0 Å². The van der Waals surface area contributed by atoms with Crippen LogP contribution in [0.1, 0.15) is 23.3 Å². The van der Waals surface area contributed by atoms with Crippen LogP contribution in [0.4, 0.5) is 10.8 Å². The number of hydrogen-bond donors (Lipinski definition) is 2. The molecule has 1 aromatic heterocycles. The van der Waals surface area contributed by atoms with Gasteiger partial charge in [-0.2, -0.15) is 0 Å². The Balaban J connectivity index is 1.80. The molecule has 0 radical (unpaired) electrons. The molecule has 7 heteroatoms. The second-order valence-electron chi connectivity index (χ2n) is 5.67. The van der Waals surface area contributed by atoms with Crippen molar-refractivity contribution in [1.82, 2.24) is 10.2 Å². The van der Waals surface area contributed by atoms with Crippen molar-refractivity contribution in [1.29, 1.82) is 0 Å². The van der Waals surface area contributed by atoms with E-state index in [1.54, 1.807) is 0 Å². The molecule has 0 saturated heterocycles. The molecule has 0 aliphatic carbocycles. The highest BCUT2D eigenvalue weighted by Gasteiger charge is 2.24. The lowest BCUT2D eigenvalue weighted by Crippen LogP contribution is -2.19. The lowest BCUT2D eigenvalue weighted by molar-refractivity contribution is -0.115. The number of anilines is 2. The van der Waals surface area contributed by atoms with Crippen LogP contribution in [-0.4, -0.2) is 22.6 Å². The van der Waals surface area contributed by atoms with Crippen molar-refractivity contribution in [2.45, 2.75) is 23.4 Å². The smallest absolute Gasteiger partial charge is 0.242 e. The van der Waals surface area contributed by atoms with Crippen LogP contribution in [0.15, 0.2) is 58.9 Å². The molecule has 1 heterocycles. The van der Waals surface area contributed by atoms with Crippen LogP contribution >= 0.6 is 23.1 Å². The molecule has 1 amide bonds. The van der Waals surface area contributed by atoms with E-state index in [-0.39, 0.29) is 5.91 Å². The average Bonchev–Trinajstić information content (AvgIpc) is 3.10. The van der Waals surface area contributed by atoms with Crippen LogP contribution in [0.3, 0.4) is 0 Å². The van der Waals surface area contributed by atoms with Crippen LogP contribution in [0.5, 0.6) is 0 Å². The highest BCUT2D eigenvalue weighted by Crippen LogP contribution is 2.38. The zero-order valence-corrected chi connectivity index (χ0v) is 16.2. The molecule has 0 saturated carbocycles. The maximum Gasteiger partial charge on any atom is 0.242 e. The number of rotatable bonds is 7. The van der Waals surface area contributed by atoms with Gasteiger partial charge in [-0.15, -0.1) is 10.2 Å². The molecule has 3 aromatic rings. The van der Waals surface area contributed by atoms with E-state index < -0.39 is 5.25 Å². The van der Waals surface area contributed by atoms with E-state index in [2.05, 4.69) is 20.8 Å². The summed E-state index contributed by atoms with van der Waals surface area (Å²) in [5.41, 5.74) is 2.87. The van der Waals surface area contributed by atoms with E-state index in [0.717, 1.165) is 32.8 Å². The first-order valence-corrected chi connectivity index (χ1v) is 10.0. The summed E-state index contributed by atoms with van der Waals surface area (Å²) in [6.07, 6.45) is 0. The normalized spacial score (nSPS) is 11.8. The predicted molar refractivity (Wildman–Crippen MR) is 109 cm³/mol. The standard InChI is InChI=1S/C19H20N4OS2/c1-3-20-18-22-23-19(26-18)25-16(14-7-5-4-6-8-14)17(24)21-15-11-9-13(2)10-12-15/h4-12,16H,3H2,1-2H3,(H,20,22)(H,21,24)/t16-/m0/s1. The SMILES string of the molecule is CCNc1nnc(S[C@H](C(=O)Nc2ccc(C)cc2)c2ccccc2)s1. The summed E-state index contributed by atoms with van der Waals surface area (Å²) in [6, 6.07) is 17.5. The van der Waals surface area contributed by atoms with Gasteiger partial charge in [0.05, 0.1) is 0 Å². The Hall–Kier alpha value is -2.38. The molecule has 0 spiro atoms. The molecule has 0 aliphatic heterocycles. The maximum absolute atomic E-state index is 12.9. The molecule has 2 N–H and O–H groups in total. The first kappa shape index (κ1) is 18.4. The molecular formula is C19H20N4OS2. The summed E-state index contributed by atoms with van der Waals surface area (Å²) in [5, 5.41) is 14.8. The first-order chi connectivity index (χ1) is 12.7. The number of nitrogens with zero attached hydrogens (tertiary/aromatic N) is 2. The lowest BCUT2D eigenvalue weighted by atomic mass is 10.1. The number of benzene rings is 2. The van der Waals surface area contributed by atoms with E-state index in [1.165, 1.54) is 23.1 Å². The summed E-state index contributed by atoms with van der Waals surface area (Å²) in [5.74, 6) is -0.0785. The molecule has 0 bridgehead atoms. The Morgan fingerprint density at radius 3 is 2.54 bits per heavy atom. The highest BCUT2D eigenvalue weighted by atomic mass is 32.2. The molecule has 0 fully saturated rings. The van der Waals surface area contributed by atoms with Crippen LogP contribution in [0.25, 0.3) is 0 Å². The Morgan fingerprint density at radius 2 is 1.85 bits per heavy atom. The lowest BCUT2D eigenvalue weighted by Gasteiger charge is -2.15. The second-order valence-corrected chi connectivity index (χ2v) is 8.00. The van der Waals surface area contributed by atoms with Crippen molar-refractivity contribution in [2.75, 3.05) is 17.2 Å². The van der Waals surface area contributed by atoms with E-state index in [9.17, 15) is 4.79 Å². The number of carbonyl (C=O) groups excluding carboxylic acids is 1.